The molecule has 0 radical (unpaired) electrons. The van der Waals surface area contributed by atoms with Gasteiger partial charge < -0.3 is 5.32 Å². The van der Waals surface area contributed by atoms with Gasteiger partial charge in [0.2, 0.25) is 0 Å². The Morgan fingerprint density at radius 1 is 1.42 bits per heavy atom. The van der Waals surface area contributed by atoms with E-state index in [1.165, 1.54) is 19.3 Å². The Bertz CT molecular complexity index is 127. The van der Waals surface area contributed by atoms with Crippen molar-refractivity contribution in [1.82, 2.24) is 5.32 Å². The van der Waals surface area contributed by atoms with Crippen molar-refractivity contribution in [1.29, 1.82) is 0 Å². The predicted octanol–water partition coefficient (Wildman–Crippen LogP) is 2.52. The zero-order valence-electron chi connectivity index (χ0n) is 8.47. The quantitative estimate of drug-likeness (QED) is 0.728. The lowest BCUT2D eigenvalue weighted by Gasteiger charge is -2.34. The third-order valence-corrected chi connectivity index (χ3v) is 3.95. The molecule has 1 saturated carbocycles. The molecule has 0 amide bonds. The fourth-order valence-corrected chi connectivity index (χ4v) is 3.17. The number of thioether (sulfide) groups is 1. The molecule has 1 aliphatic rings. The van der Waals surface area contributed by atoms with E-state index >= 15 is 0 Å². The Hall–Kier alpha value is 0.310. The Labute approximate surface area is 80.7 Å². The van der Waals surface area contributed by atoms with Gasteiger partial charge >= 0.3 is 0 Å². The number of rotatable bonds is 3. The van der Waals surface area contributed by atoms with Crippen LogP contribution in [0, 0.1) is 5.92 Å². The molecule has 1 nitrogen and oxygen atoms in total. The molecular weight excluding hydrogens is 166 g/mol. The highest BCUT2D eigenvalue weighted by atomic mass is 32.2. The zero-order valence-corrected chi connectivity index (χ0v) is 9.29. The minimum atomic E-state index is 0.779. The molecule has 0 saturated heterocycles. The first-order valence-corrected chi connectivity index (χ1v) is 6.32. The molecule has 3 atom stereocenters. The molecule has 1 aliphatic carbocycles. The average molecular weight is 187 g/mol. The lowest BCUT2D eigenvalue weighted by atomic mass is 9.87. The van der Waals surface area contributed by atoms with Crippen LogP contribution in [0.4, 0.5) is 0 Å². The molecule has 12 heavy (non-hydrogen) atoms. The van der Waals surface area contributed by atoms with E-state index in [1.54, 1.807) is 0 Å². The summed E-state index contributed by atoms with van der Waals surface area (Å²) in [7, 11) is 0. The normalized spacial score (nSPS) is 36.8. The lowest BCUT2D eigenvalue weighted by molar-refractivity contribution is 0.321. The van der Waals surface area contributed by atoms with Crippen molar-refractivity contribution >= 4 is 11.8 Å². The summed E-state index contributed by atoms with van der Waals surface area (Å²) in [6, 6.07) is 0.779. The first-order valence-electron chi connectivity index (χ1n) is 5.04. The van der Waals surface area contributed by atoms with Crippen molar-refractivity contribution in [3.8, 4) is 0 Å². The zero-order chi connectivity index (χ0) is 8.97. The molecule has 1 N–H and O–H groups in total. The van der Waals surface area contributed by atoms with Gasteiger partial charge in [0, 0.05) is 11.3 Å². The van der Waals surface area contributed by atoms with Gasteiger partial charge in [0.15, 0.2) is 0 Å². The van der Waals surface area contributed by atoms with Gasteiger partial charge in [-0.05, 0) is 38.0 Å². The molecule has 0 bridgehead atoms. The summed E-state index contributed by atoms with van der Waals surface area (Å²) in [6.45, 7) is 5.71. The molecule has 0 spiro atoms. The Balaban J connectivity index is 2.39. The molecule has 0 aliphatic heterocycles. The highest BCUT2D eigenvalue weighted by Crippen LogP contribution is 2.30. The van der Waals surface area contributed by atoms with Crippen LogP contribution in [-0.2, 0) is 0 Å². The van der Waals surface area contributed by atoms with Gasteiger partial charge in [-0.3, -0.25) is 0 Å². The third kappa shape index (κ3) is 2.67. The van der Waals surface area contributed by atoms with Crippen LogP contribution < -0.4 is 5.32 Å². The van der Waals surface area contributed by atoms with E-state index in [4.69, 9.17) is 0 Å². The average Bonchev–Trinajstić information content (AvgIpc) is 2.08. The van der Waals surface area contributed by atoms with Gasteiger partial charge in [-0.15, -0.1) is 0 Å². The number of hydrogen-bond donors (Lipinski definition) is 1. The Morgan fingerprint density at radius 3 is 2.75 bits per heavy atom. The predicted molar refractivity (Wildman–Crippen MR) is 57.8 cm³/mol. The third-order valence-electron chi connectivity index (χ3n) is 2.82. The second-order valence-electron chi connectivity index (χ2n) is 3.86. The second-order valence-corrected chi connectivity index (χ2v) is 4.93. The van der Waals surface area contributed by atoms with Crippen LogP contribution in [0.2, 0.25) is 0 Å². The maximum absolute atomic E-state index is 3.59. The second kappa shape index (κ2) is 5.13. The fourth-order valence-electron chi connectivity index (χ4n) is 2.08. The van der Waals surface area contributed by atoms with Gasteiger partial charge in [-0.2, -0.15) is 11.8 Å². The maximum Gasteiger partial charge on any atom is 0.0200 e. The molecule has 0 aromatic rings. The molecule has 0 aromatic carbocycles. The summed E-state index contributed by atoms with van der Waals surface area (Å²) in [5, 5.41) is 4.44. The Kier molecular flexibility index (Phi) is 4.44. The largest absolute Gasteiger partial charge is 0.313 e. The van der Waals surface area contributed by atoms with Crippen LogP contribution in [0.3, 0.4) is 0 Å². The minimum Gasteiger partial charge on any atom is -0.313 e. The fraction of sp³-hybridized carbons (Fsp3) is 1.00. The van der Waals surface area contributed by atoms with E-state index < -0.39 is 0 Å². The van der Waals surface area contributed by atoms with Crippen molar-refractivity contribution < 1.29 is 0 Å². The van der Waals surface area contributed by atoms with Gasteiger partial charge in [0.25, 0.3) is 0 Å². The summed E-state index contributed by atoms with van der Waals surface area (Å²) < 4.78 is 0. The van der Waals surface area contributed by atoms with Crippen molar-refractivity contribution in [3.05, 3.63) is 0 Å². The van der Waals surface area contributed by atoms with E-state index in [-0.39, 0.29) is 0 Å². The first kappa shape index (κ1) is 10.4. The van der Waals surface area contributed by atoms with Crippen LogP contribution in [0.25, 0.3) is 0 Å². The molecule has 72 valence electrons. The van der Waals surface area contributed by atoms with Crippen LogP contribution in [0.15, 0.2) is 0 Å². The maximum atomic E-state index is 3.59. The molecule has 2 heteroatoms. The highest BCUT2D eigenvalue weighted by Gasteiger charge is 2.26. The molecule has 1 fully saturated rings. The van der Waals surface area contributed by atoms with E-state index in [2.05, 4.69) is 25.4 Å². The molecule has 0 heterocycles. The molecular formula is C10H21NS. The van der Waals surface area contributed by atoms with E-state index in [0.29, 0.717) is 0 Å². The molecule has 3 unspecified atom stereocenters. The number of nitrogens with one attached hydrogen (secondary N) is 1. The van der Waals surface area contributed by atoms with Gasteiger partial charge in [-0.25, -0.2) is 0 Å². The van der Waals surface area contributed by atoms with Gasteiger partial charge in [0.1, 0.15) is 0 Å². The van der Waals surface area contributed by atoms with Gasteiger partial charge in [-0.1, -0.05) is 13.8 Å². The highest BCUT2D eigenvalue weighted by molar-refractivity contribution is 7.99. The topological polar surface area (TPSA) is 12.0 Å². The number of hydrogen-bond acceptors (Lipinski definition) is 2. The van der Waals surface area contributed by atoms with Crippen molar-refractivity contribution in [2.75, 3.05) is 12.8 Å². The van der Waals surface area contributed by atoms with Gasteiger partial charge in [0.05, 0.1) is 0 Å². The van der Waals surface area contributed by atoms with E-state index in [0.717, 1.165) is 23.8 Å². The standard InChI is InChI=1S/C10H21NS/c1-4-11-9-6-5-8(2)7-10(9)12-3/h8-11H,4-7H2,1-3H3. The van der Waals surface area contributed by atoms with Crippen molar-refractivity contribution in [2.45, 2.75) is 44.4 Å². The van der Waals surface area contributed by atoms with Crippen LogP contribution in [0.1, 0.15) is 33.1 Å². The van der Waals surface area contributed by atoms with E-state index in [9.17, 15) is 0 Å². The monoisotopic (exact) mass is 187 g/mol. The van der Waals surface area contributed by atoms with Crippen LogP contribution in [-0.4, -0.2) is 24.1 Å². The summed E-state index contributed by atoms with van der Waals surface area (Å²) in [5.74, 6) is 0.942. The molecule has 1 rings (SSSR count). The first-order chi connectivity index (χ1) is 5.77. The summed E-state index contributed by atoms with van der Waals surface area (Å²) in [4.78, 5) is 0. The Morgan fingerprint density at radius 2 is 2.17 bits per heavy atom. The van der Waals surface area contributed by atoms with Crippen LogP contribution in [0.5, 0.6) is 0 Å². The van der Waals surface area contributed by atoms with E-state index in [1.807, 2.05) is 11.8 Å². The SMILES string of the molecule is CCNC1CCC(C)CC1SC. The minimum absolute atomic E-state index is 0.779. The summed E-state index contributed by atoms with van der Waals surface area (Å²) in [5.41, 5.74) is 0. The lowest BCUT2D eigenvalue weighted by Crippen LogP contribution is -2.41. The summed E-state index contributed by atoms with van der Waals surface area (Å²) in [6.07, 6.45) is 6.43. The smallest absolute Gasteiger partial charge is 0.0200 e. The molecule has 0 aromatic heterocycles. The van der Waals surface area contributed by atoms with Crippen molar-refractivity contribution in [2.24, 2.45) is 5.92 Å². The summed E-state index contributed by atoms with van der Waals surface area (Å²) >= 11 is 2.04. The van der Waals surface area contributed by atoms with Crippen LogP contribution >= 0.6 is 11.8 Å². The van der Waals surface area contributed by atoms with Crippen molar-refractivity contribution in [3.63, 3.8) is 0 Å².